The van der Waals surface area contributed by atoms with Crippen molar-refractivity contribution in [2.45, 2.75) is 6.10 Å². The summed E-state index contributed by atoms with van der Waals surface area (Å²) in [6.07, 6.45) is -0.566. The van der Waals surface area contributed by atoms with Gasteiger partial charge in [0.25, 0.3) is 5.91 Å². The molecular weight excluding hydrogens is 272 g/mol. The second kappa shape index (κ2) is 6.01. The first-order valence-corrected chi connectivity index (χ1v) is 6.12. The molecule has 19 heavy (non-hydrogen) atoms. The largest absolute Gasteiger partial charge is 0.478 e. The minimum absolute atomic E-state index is 0.0681. The number of rotatable bonds is 3. The number of carboxylic acid groups (broad SMARTS) is 1. The first-order valence-electron chi connectivity index (χ1n) is 5.74. The van der Waals surface area contributed by atoms with Crippen molar-refractivity contribution in [1.82, 2.24) is 5.32 Å². The molecule has 0 aliphatic carbocycles. The van der Waals surface area contributed by atoms with Crippen molar-refractivity contribution in [3.63, 3.8) is 0 Å². The highest BCUT2D eigenvalue weighted by Gasteiger charge is 2.22. The molecule has 1 unspecified atom stereocenters. The topological polar surface area (TPSA) is 87.7 Å². The van der Waals surface area contributed by atoms with Gasteiger partial charge in [0.1, 0.15) is 6.10 Å². The molecule has 1 heterocycles. The van der Waals surface area contributed by atoms with Crippen molar-refractivity contribution in [2.75, 3.05) is 25.0 Å². The quantitative estimate of drug-likeness (QED) is 0.770. The number of carbonyl (C=O) groups excluding carboxylic acids is 1. The summed E-state index contributed by atoms with van der Waals surface area (Å²) in [7, 11) is 0. The Hall–Kier alpha value is -1.63. The second-order valence-electron chi connectivity index (χ2n) is 4.05. The molecule has 1 aromatic rings. The normalized spacial score (nSPS) is 18.9. The molecule has 0 aromatic heterocycles. The van der Waals surface area contributed by atoms with Crippen LogP contribution in [0.1, 0.15) is 10.4 Å². The van der Waals surface area contributed by atoms with E-state index in [0.29, 0.717) is 18.8 Å². The molecule has 1 amide bonds. The van der Waals surface area contributed by atoms with Crippen molar-refractivity contribution in [2.24, 2.45) is 0 Å². The van der Waals surface area contributed by atoms with Gasteiger partial charge in [-0.3, -0.25) is 4.79 Å². The molecule has 0 bridgehead atoms. The molecule has 1 aliphatic rings. The number of aromatic carboxylic acids is 1. The fourth-order valence-electron chi connectivity index (χ4n) is 1.70. The number of carbonyl (C=O) groups is 2. The second-order valence-corrected chi connectivity index (χ2v) is 4.46. The van der Waals surface area contributed by atoms with Gasteiger partial charge in [-0.2, -0.15) is 0 Å². The summed E-state index contributed by atoms with van der Waals surface area (Å²) in [5.41, 5.74) is 0.435. The van der Waals surface area contributed by atoms with Crippen LogP contribution in [0.15, 0.2) is 18.2 Å². The lowest BCUT2D eigenvalue weighted by Crippen LogP contribution is -2.45. The van der Waals surface area contributed by atoms with Crippen LogP contribution in [-0.4, -0.2) is 42.8 Å². The van der Waals surface area contributed by atoms with Crippen LogP contribution in [0.2, 0.25) is 5.02 Å². The number of ether oxygens (including phenoxy) is 1. The average Bonchev–Trinajstić information content (AvgIpc) is 2.41. The zero-order valence-electron chi connectivity index (χ0n) is 9.98. The van der Waals surface area contributed by atoms with Gasteiger partial charge in [-0.25, -0.2) is 4.79 Å². The maximum atomic E-state index is 11.9. The molecule has 1 atom stereocenters. The molecule has 3 N–H and O–H groups in total. The molecule has 1 aliphatic heterocycles. The predicted octanol–water partition coefficient (Wildman–Crippen LogP) is 0.965. The van der Waals surface area contributed by atoms with Gasteiger partial charge in [-0.05, 0) is 18.2 Å². The van der Waals surface area contributed by atoms with Gasteiger partial charge in [0.2, 0.25) is 0 Å². The van der Waals surface area contributed by atoms with Crippen LogP contribution >= 0.6 is 11.6 Å². The lowest BCUT2D eigenvalue weighted by atomic mass is 10.2. The summed E-state index contributed by atoms with van der Waals surface area (Å²) in [6, 6.07) is 4.13. The molecule has 6 nitrogen and oxygen atoms in total. The van der Waals surface area contributed by atoms with E-state index in [1.807, 2.05) is 0 Å². The lowest BCUT2D eigenvalue weighted by molar-refractivity contribution is -0.128. The number of benzene rings is 1. The molecular formula is C12H13ClN2O4. The summed E-state index contributed by atoms with van der Waals surface area (Å²) in [5.74, 6) is -1.38. The summed E-state index contributed by atoms with van der Waals surface area (Å²) in [4.78, 5) is 22.6. The Morgan fingerprint density at radius 1 is 1.47 bits per heavy atom. The zero-order chi connectivity index (χ0) is 13.8. The first kappa shape index (κ1) is 13.8. The molecule has 1 fully saturated rings. The Morgan fingerprint density at radius 3 is 2.84 bits per heavy atom. The number of anilines is 1. The van der Waals surface area contributed by atoms with Gasteiger partial charge in [0.15, 0.2) is 0 Å². The van der Waals surface area contributed by atoms with Crippen LogP contribution in [0.4, 0.5) is 5.69 Å². The molecule has 2 rings (SSSR count). The minimum atomic E-state index is -1.07. The smallest absolute Gasteiger partial charge is 0.335 e. The van der Waals surface area contributed by atoms with Gasteiger partial charge >= 0.3 is 5.97 Å². The summed E-state index contributed by atoms with van der Waals surface area (Å²) < 4.78 is 5.30. The molecule has 1 aromatic carbocycles. The predicted molar refractivity (Wildman–Crippen MR) is 69.7 cm³/mol. The number of hydrogen-bond acceptors (Lipinski definition) is 4. The third-order valence-corrected chi connectivity index (χ3v) is 3.01. The SMILES string of the molecule is O=C(O)c1ccc(NC(=O)C2CNCCO2)c(Cl)c1. The van der Waals surface area contributed by atoms with E-state index < -0.39 is 12.1 Å². The van der Waals surface area contributed by atoms with Gasteiger partial charge in [0.05, 0.1) is 22.9 Å². The van der Waals surface area contributed by atoms with Crippen molar-refractivity contribution in [1.29, 1.82) is 0 Å². The minimum Gasteiger partial charge on any atom is -0.478 e. The first-order chi connectivity index (χ1) is 9.08. The number of halogens is 1. The third kappa shape index (κ3) is 3.44. The summed E-state index contributed by atoms with van der Waals surface area (Å²) in [5, 5.41) is 14.7. The van der Waals surface area contributed by atoms with Crippen LogP contribution < -0.4 is 10.6 Å². The number of carboxylic acids is 1. The Morgan fingerprint density at radius 2 is 2.26 bits per heavy atom. The highest BCUT2D eigenvalue weighted by molar-refractivity contribution is 6.34. The average molecular weight is 285 g/mol. The maximum absolute atomic E-state index is 11.9. The van der Waals surface area contributed by atoms with Crippen LogP contribution in [-0.2, 0) is 9.53 Å². The Kier molecular flexibility index (Phi) is 4.36. The van der Waals surface area contributed by atoms with E-state index in [0.717, 1.165) is 6.54 Å². The summed E-state index contributed by atoms with van der Waals surface area (Å²) in [6.45, 7) is 1.64. The standard InChI is InChI=1S/C12H13ClN2O4/c13-8-5-7(12(17)18)1-2-9(8)15-11(16)10-6-14-3-4-19-10/h1-2,5,10,14H,3-4,6H2,(H,15,16)(H,17,18). The van der Waals surface area contributed by atoms with E-state index in [9.17, 15) is 9.59 Å². The summed E-state index contributed by atoms with van der Waals surface area (Å²) >= 11 is 5.92. The van der Waals surface area contributed by atoms with Gasteiger partial charge in [-0.15, -0.1) is 0 Å². The van der Waals surface area contributed by atoms with E-state index in [-0.39, 0.29) is 16.5 Å². The molecule has 102 valence electrons. The molecule has 0 radical (unpaired) electrons. The number of nitrogens with one attached hydrogen (secondary N) is 2. The highest BCUT2D eigenvalue weighted by Crippen LogP contribution is 2.23. The van der Waals surface area contributed by atoms with Crippen LogP contribution in [0, 0.1) is 0 Å². The van der Waals surface area contributed by atoms with Crippen LogP contribution in [0.25, 0.3) is 0 Å². The number of morpholine rings is 1. The number of hydrogen-bond donors (Lipinski definition) is 3. The van der Waals surface area contributed by atoms with Gasteiger partial charge in [-0.1, -0.05) is 11.6 Å². The van der Waals surface area contributed by atoms with E-state index >= 15 is 0 Å². The van der Waals surface area contributed by atoms with Gasteiger partial charge < -0.3 is 20.5 Å². The Bertz CT molecular complexity index is 501. The molecule has 7 heteroatoms. The van der Waals surface area contributed by atoms with Gasteiger partial charge in [0, 0.05) is 13.1 Å². The lowest BCUT2D eigenvalue weighted by Gasteiger charge is -2.22. The van der Waals surface area contributed by atoms with Crippen LogP contribution in [0.3, 0.4) is 0 Å². The monoisotopic (exact) mass is 284 g/mol. The van der Waals surface area contributed by atoms with Crippen molar-refractivity contribution >= 4 is 29.2 Å². The molecule has 0 spiro atoms. The maximum Gasteiger partial charge on any atom is 0.335 e. The fourth-order valence-corrected chi connectivity index (χ4v) is 1.92. The highest BCUT2D eigenvalue weighted by atomic mass is 35.5. The van der Waals surface area contributed by atoms with E-state index in [1.54, 1.807) is 0 Å². The van der Waals surface area contributed by atoms with E-state index in [2.05, 4.69) is 10.6 Å². The fraction of sp³-hybridized carbons (Fsp3) is 0.333. The van der Waals surface area contributed by atoms with E-state index in [1.165, 1.54) is 18.2 Å². The van der Waals surface area contributed by atoms with Crippen molar-refractivity contribution in [3.8, 4) is 0 Å². The van der Waals surface area contributed by atoms with E-state index in [4.69, 9.17) is 21.4 Å². The Balaban J connectivity index is 2.06. The number of amides is 1. The molecule has 1 saturated heterocycles. The molecule has 0 saturated carbocycles. The van der Waals surface area contributed by atoms with Crippen LogP contribution in [0.5, 0.6) is 0 Å². The third-order valence-electron chi connectivity index (χ3n) is 2.69. The van der Waals surface area contributed by atoms with Crippen molar-refractivity contribution < 1.29 is 19.4 Å². The zero-order valence-corrected chi connectivity index (χ0v) is 10.7. The Labute approximate surface area is 114 Å². The van der Waals surface area contributed by atoms with Crippen molar-refractivity contribution in [3.05, 3.63) is 28.8 Å².